The Morgan fingerprint density at radius 3 is 2.68 bits per heavy atom. The van der Waals surface area contributed by atoms with Crippen molar-refractivity contribution in [1.29, 1.82) is 0 Å². The van der Waals surface area contributed by atoms with E-state index in [2.05, 4.69) is 26.9 Å². The van der Waals surface area contributed by atoms with E-state index < -0.39 is 17.6 Å². The first-order chi connectivity index (χ1) is 14.9. The summed E-state index contributed by atoms with van der Waals surface area (Å²) in [5.41, 5.74) is -1.33. The van der Waals surface area contributed by atoms with Crippen LogP contribution in [0.1, 0.15) is 5.56 Å². The van der Waals surface area contributed by atoms with Crippen molar-refractivity contribution in [3.8, 4) is 23.5 Å². The molecular weight excluding hydrogens is 402 g/mol. The van der Waals surface area contributed by atoms with Gasteiger partial charge in [-0.05, 0) is 30.3 Å². The number of aromatic hydroxyl groups is 1. The number of aromatic nitrogens is 2. The number of nitrogens with one attached hydrogen (secondary N) is 1. The minimum absolute atomic E-state index is 0.128. The normalized spacial score (nSPS) is 12.2. The number of methoxy groups -OCH3 is 3. The Labute approximate surface area is 178 Å². The van der Waals surface area contributed by atoms with Crippen LogP contribution < -0.4 is 10.1 Å². The van der Waals surface area contributed by atoms with Gasteiger partial charge in [-0.2, -0.15) is 0 Å². The van der Waals surface area contributed by atoms with E-state index in [0.29, 0.717) is 22.1 Å². The van der Waals surface area contributed by atoms with Gasteiger partial charge in [-0.1, -0.05) is 11.8 Å². The zero-order valence-electron chi connectivity index (χ0n) is 17.2. The van der Waals surface area contributed by atoms with Gasteiger partial charge in [0.2, 0.25) is 5.54 Å². The molecule has 0 fully saturated rings. The van der Waals surface area contributed by atoms with Crippen LogP contribution in [0.25, 0.3) is 10.8 Å². The number of amides is 1. The van der Waals surface area contributed by atoms with Gasteiger partial charge in [0.1, 0.15) is 5.75 Å². The highest BCUT2D eigenvalue weighted by atomic mass is 16.5. The topological polar surface area (TPSA) is 112 Å². The highest BCUT2D eigenvalue weighted by molar-refractivity contribution is 5.91. The molecule has 1 unspecified atom stereocenters. The molecule has 0 saturated heterocycles. The Kier molecular flexibility index (Phi) is 6.31. The summed E-state index contributed by atoms with van der Waals surface area (Å²) in [6, 6.07) is 8.56. The molecule has 0 saturated carbocycles. The monoisotopic (exact) mass is 423 g/mol. The molecule has 2 N–H and O–H groups in total. The molecular formula is C22H21N3O6. The van der Waals surface area contributed by atoms with Crippen molar-refractivity contribution in [1.82, 2.24) is 14.9 Å². The van der Waals surface area contributed by atoms with Crippen molar-refractivity contribution >= 4 is 22.8 Å². The van der Waals surface area contributed by atoms with Crippen LogP contribution in [0.4, 0.5) is 4.79 Å². The fourth-order valence-electron chi connectivity index (χ4n) is 3.02. The molecule has 3 rings (SSSR count). The summed E-state index contributed by atoms with van der Waals surface area (Å²) < 4.78 is 16.2. The first-order valence-electron chi connectivity index (χ1n) is 9.16. The van der Waals surface area contributed by atoms with Crippen LogP contribution in [0.3, 0.4) is 0 Å². The van der Waals surface area contributed by atoms with Gasteiger partial charge in [0.15, 0.2) is 5.88 Å². The highest BCUT2D eigenvalue weighted by Crippen LogP contribution is 2.31. The number of fused-ring (bicyclic) bond motifs is 1. The van der Waals surface area contributed by atoms with Crippen LogP contribution in [0.5, 0.6) is 11.6 Å². The van der Waals surface area contributed by atoms with E-state index in [1.54, 1.807) is 42.7 Å². The van der Waals surface area contributed by atoms with E-state index in [1.807, 2.05) is 0 Å². The number of pyridine rings is 1. The fraction of sp³-hybridized carbons (Fsp3) is 0.227. The van der Waals surface area contributed by atoms with Crippen LogP contribution in [0.15, 0.2) is 48.9 Å². The van der Waals surface area contributed by atoms with Crippen molar-refractivity contribution in [3.63, 3.8) is 0 Å². The molecule has 1 aromatic carbocycles. The lowest BCUT2D eigenvalue weighted by molar-refractivity contribution is -0.146. The maximum atomic E-state index is 12.8. The van der Waals surface area contributed by atoms with Crippen molar-refractivity contribution in [2.45, 2.75) is 12.1 Å². The number of rotatable bonds is 5. The average Bonchev–Trinajstić information content (AvgIpc) is 3.11. The van der Waals surface area contributed by atoms with Gasteiger partial charge in [-0.25, -0.2) is 9.59 Å². The number of benzene rings is 1. The number of esters is 1. The Hall–Kier alpha value is -4.19. The quantitative estimate of drug-likeness (QED) is 0.477. The van der Waals surface area contributed by atoms with E-state index in [1.165, 1.54) is 32.1 Å². The molecule has 1 atom stereocenters. The van der Waals surface area contributed by atoms with Crippen molar-refractivity contribution in [3.05, 3.63) is 54.5 Å². The fourth-order valence-corrected chi connectivity index (χ4v) is 3.02. The lowest BCUT2D eigenvalue weighted by Gasteiger charge is -2.27. The molecule has 0 spiro atoms. The molecule has 0 aliphatic heterocycles. The summed E-state index contributed by atoms with van der Waals surface area (Å²) in [4.78, 5) is 28.9. The minimum Gasteiger partial charge on any atom is -0.497 e. The standard InChI is InChI=1S/C22H21N3O6/c1-29-17-7-6-16-13-25(19(26)18(16)11-17)14-22(20(27)30-2,24-21(28)31-3)9-8-15-5-4-10-23-12-15/h4-7,10-13,26H,14H2,1-3H3,(H,24,28). The van der Waals surface area contributed by atoms with Gasteiger partial charge in [0.05, 0.1) is 27.9 Å². The third kappa shape index (κ3) is 4.53. The van der Waals surface area contributed by atoms with E-state index in [-0.39, 0.29) is 12.4 Å². The van der Waals surface area contributed by atoms with Gasteiger partial charge in [0, 0.05) is 34.9 Å². The lowest BCUT2D eigenvalue weighted by atomic mass is 9.99. The third-order valence-corrected chi connectivity index (χ3v) is 4.59. The zero-order chi connectivity index (χ0) is 22.4. The van der Waals surface area contributed by atoms with Crippen molar-refractivity contribution in [2.75, 3.05) is 21.3 Å². The van der Waals surface area contributed by atoms with E-state index in [0.717, 1.165) is 0 Å². The Morgan fingerprint density at radius 2 is 2.03 bits per heavy atom. The van der Waals surface area contributed by atoms with Gasteiger partial charge in [-0.3, -0.25) is 10.3 Å². The number of carbonyl (C=O) groups is 2. The summed E-state index contributed by atoms with van der Waals surface area (Å²) >= 11 is 0. The Balaban J connectivity index is 2.12. The molecule has 2 heterocycles. The summed E-state index contributed by atoms with van der Waals surface area (Å²) in [7, 11) is 3.87. The summed E-state index contributed by atoms with van der Waals surface area (Å²) in [6.07, 6.45) is 3.85. The second kappa shape index (κ2) is 9.09. The summed E-state index contributed by atoms with van der Waals surface area (Å²) in [5, 5.41) is 14.4. The summed E-state index contributed by atoms with van der Waals surface area (Å²) in [5.74, 6) is 5.20. The Bertz CT molecular complexity index is 1160. The van der Waals surface area contributed by atoms with Gasteiger partial charge in [-0.15, -0.1) is 0 Å². The predicted octanol–water partition coefficient (Wildman–Crippen LogP) is 2.07. The van der Waals surface area contributed by atoms with Crippen LogP contribution in [-0.2, 0) is 20.8 Å². The second-order valence-corrected chi connectivity index (χ2v) is 6.54. The third-order valence-electron chi connectivity index (χ3n) is 4.59. The number of carbonyl (C=O) groups excluding carboxylic acids is 2. The molecule has 3 aromatic rings. The molecule has 1 amide bonds. The van der Waals surface area contributed by atoms with E-state index >= 15 is 0 Å². The van der Waals surface area contributed by atoms with Gasteiger partial charge >= 0.3 is 12.1 Å². The Morgan fingerprint density at radius 1 is 1.23 bits per heavy atom. The van der Waals surface area contributed by atoms with E-state index in [4.69, 9.17) is 9.47 Å². The van der Waals surface area contributed by atoms with Crippen molar-refractivity contribution < 1.29 is 28.9 Å². The van der Waals surface area contributed by atoms with Crippen LogP contribution in [-0.4, -0.2) is 53.6 Å². The maximum Gasteiger partial charge on any atom is 0.408 e. The average molecular weight is 423 g/mol. The van der Waals surface area contributed by atoms with E-state index in [9.17, 15) is 14.7 Å². The second-order valence-electron chi connectivity index (χ2n) is 6.54. The molecule has 160 valence electrons. The predicted molar refractivity (Wildman–Crippen MR) is 112 cm³/mol. The number of ether oxygens (including phenoxy) is 3. The summed E-state index contributed by atoms with van der Waals surface area (Å²) in [6.45, 7) is -0.245. The SMILES string of the molecule is COC(=O)NC(C#Cc1cccnc1)(Cn1cc2ccc(OC)cc2c1O)C(=O)OC. The zero-order valence-corrected chi connectivity index (χ0v) is 17.2. The minimum atomic E-state index is -1.85. The molecule has 9 nitrogen and oxygen atoms in total. The number of hydrogen-bond acceptors (Lipinski definition) is 7. The van der Waals surface area contributed by atoms with Crippen LogP contribution >= 0.6 is 0 Å². The number of nitrogens with zero attached hydrogens (tertiary/aromatic N) is 2. The molecule has 31 heavy (non-hydrogen) atoms. The maximum absolute atomic E-state index is 12.8. The molecule has 0 aliphatic rings. The number of hydrogen-bond donors (Lipinski definition) is 2. The molecule has 0 aliphatic carbocycles. The van der Waals surface area contributed by atoms with Crippen LogP contribution in [0.2, 0.25) is 0 Å². The number of alkyl carbamates (subject to hydrolysis) is 1. The first-order valence-corrected chi connectivity index (χ1v) is 9.16. The molecule has 0 bridgehead atoms. The first kappa shape index (κ1) is 21.5. The van der Waals surface area contributed by atoms with Gasteiger partial charge in [0.25, 0.3) is 0 Å². The van der Waals surface area contributed by atoms with Gasteiger partial charge < -0.3 is 23.9 Å². The van der Waals surface area contributed by atoms with Crippen molar-refractivity contribution in [2.24, 2.45) is 0 Å². The molecule has 2 aromatic heterocycles. The highest BCUT2D eigenvalue weighted by Gasteiger charge is 2.41. The lowest BCUT2D eigenvalue weighted by Crippen LogP contribution is -2.56. The largest absolute Gasteiger partial charge is 0.497 e. The molecule has 9 heteroatoms. The van der Waals surface area contributed by atoms with Crippen LogP contribution in [0, 0.1) is 11.8 Å². The smallest absolute Gasteiger partial charge is 0.408 e. The molecule has 0 radical (unpaired) electrons.